The minimum atomic E-state index is -1.95. The van der Waals surface area contributed by atoms with Crippen LogP contribution in [0.5, 0.6) is 11.5 Å². The molecule has 1 atom stereocenters. The van der Waals surface area contributed by atoms with Crippen molar-refractivity contribution in [3.8, 4) is 11.5 Å². The Morgan fingerprint density at radius 1 is 0.875 bits per heavy atom. The third-order valence-electron chi connectivity index (χ3n) is 9.57. The number of aryl methyl sites for hydroxylation is 1. The van der Waals surface area contributed by atoms with Gasteiger partial charge in [-0.1, -0.05) is 24.3 Å². The molecule has 4 N–H and O–H groups in total. The maximum absolute atomic E-state index is 14.0. The Kier molecular flexibility index (Phi) is 7.99. The zero-order valence-electron chi connectivity index (χ0n) is 27.3. The summed E-state index contributed by atoms with van der Waals surface area (Å²) in [5.41, 5.74) is -5.77. The number of benzene rings is 1. The van der Waals surface area contributed by atoms with Crippen LogP contribution < -0.4 is 42.4 Å². The summed E-state index contributed by atoms with van der Waals surface area (Å²) in [5.74, 6) is -2.39. The van der Waals surface area contributed by atoms with Gasteiger partial charge in [-0.05, 0) is 70.6 Å². The van der Waals surface area contributed by atoms with Crippen molar-refractivity contribution in [1.29, 1.82) is 0 Å². The van der Waals surface area contributed by atoms with E-state index >= 15 is 0 Å². The number of fused-ring (bicyclic) bond motifs is 4. The number of aliphatic hydroxyl groups is 2. The summed E-state index contributed by atoms with van der Waals surface area (Å²) < 4.78 is 5.67. The molecule has 4 aliphatic rings. The van der Waals surface area contributed by atoms with Crippen LogP contribution >= 0.6 is 0 Å². The number of allylic oxidation sites excluding steroid dienone is 3. The molecule has 1 heterocycles. The van der Waals surface area contributed by atoms with E-state index in [2.05, 4.69) is 9.88 Å². The smallest absolute Gasteiger partial charge is 0.260 e. The molecule has 11 nitrogen and oxygen atoms in total. The van der Waals surface area contributed by atoms with Crippen LogP contribution in [0.1, 0.15) is 57.9 Å². The number of ether oxygens (including phenoxy) is 1. The van der Waals surface area contributed by atoms with E-state index in [1.165, 1.54) is 0 Å². The molecule has 11 heteroatoms. The molecule has 1 aromatic carbocycles. The van der Waals surface area contributed by atoms with Gasteiger partial charge in [0.05, 0.1) is 26.3 Å². The number of rotatable bonds is 8. The number of hydrogen-bond acceptors (Lipinski definition) is 10. The molecule has 0 fully saturated rings. The normalized spacial score (nSPS) is 17.5. The highest BCUT2D eigenvalue weighted by molar-refractivity contribution is 5.94. The second-order valence-corrected chi connectivity index (χ2v) is 12.9. The second kappa shape index (κ2) is 11.7. The van der Waals surface area contributed by atoms with Gasteiger partial charge in [-0.25, -0.2) is 0 Å². The molecule has 2 aromatic rings. The van der Waals surface area contributed by atoms with E-state index in [-0.39, 0.29) is 42.5 Å². The van der Waals surface area contributed by atoms with E-state index in [0.29, 0.717) is 23.2 Å². The number of aliphatic hydroxyl groups excluding tert-OH is 2. The lowest BCUT2D eigenvalue weighted by molar-refractivity contribution is 0.141. The summed E-state index contributed by atoms with van der Waals surface area (Å²) in [6.45, 7) is 10.4. The lowest BCUT2D eigenvalue weighted by atomic mass is 9.78. The Bertz CT molecular complexity index is 2550. The van der Waals surface area contributed by atoms with Gasteiger partial charge in [0, 0.05) is 36.0 Å². The number of nitrogens with one attached hydrogen (secondary N) is 1. The number of aromatic amines is 1. The van der Waals surface area contributed by atoms with Gasteiger partial charge in [-0.15, -0.1) is 0 Å². The van der Waals surface area contributed by atoms with Gasteiger partial charge in [-0.2, -0.15) is 0 Å². The standard InChI is InChI=1S/C37H36N2O9/c1-6-7-8-9-21-15-20-14-19-10-11-37(29(19)33(44)24(20)36(47)38-21)34(45)27-28(35(37)46)32(43)26-25(31(27)42)22(40)16-23(30(26)41)48-13-12-39(17(2)3)18(4)5/h6-9,14-18,44-46H,10-13H2,1-5H3,(H,38,47)/b7-6+,9-8+/t37-/m0/s1. The van der Waals surface area contributed by atoms with Crippen molar-refractivity contribution >= 4 is 28.4 Å². The van der Waals surface area contributed by atoms with Crippen LogP contribution in [-0.2, 0) is 11.8 Å². The number of pyridine rings is 1. The Morgan fingerprint density at radius 2 is 1.52 bits per heavy atom. The van der Waals surface area contributed by atoms with Crippen molar-refractivity contribution in [2.75, 3.05) is 13.2 Å². The Balaban J connectivity index is 1.57. The van der Waals surface area contributed by atoms with Crippen molar-refractivity contribution in [2.24, 2.45) is 0 Å². The summed E-state index contributed by atoms with van der Waals surface area (Å²) in [6, 6.07) is 4.56. The maximum Gasteiger partial charge on any atom is 0.260 e. The van der Waals surface area contributed by atoms with Crippen LogP contribution in [-0.4, -0.2) is 50.4 Å². The zero-order valence-corrected chi connectivity index (χ0v) is 27.3. The molecule has 248 valence electrons. The monoisotopic (exact) mass is 652 g/mol. The maximum atomic E-state index is 14.0. The van der Waals surface area contributed by atoms with Crippen molar-refractivity contribution in [1.82, 2.24) is 9.88 Å². The van der Waals surface area contributed by atoms with Crippen LogP contribution in [0.4, 0.5) is 0 Å². The fraction of sp³-hybridized carbons (Fsp3) is 0.324. The Hall–Kier alpha value is -5.29. The van der Waals surface area contributed by atoms with Crippen LogP contribution in [0, 0.1) is 10.4 Å². The highest BCUT2D eigenvalue weighted by Crippen LogP contribution is 2.54. The number of phenolic OH excluding ortho intramolecular Hbond substituents is 1. The predicted octanol–water partition coefficient (Wildman–Crippen LogP) is 1.59. The van der Waals surface area contributed by atoms with E-state index < -0.39 is 76.6 Å². The SMILES string of the molecule is C/C=C/C=C/c1cc2cc3c(c(O)c2c(=O)[nH]1)[C@@]1(CC3)C(O)=c2c(=O)c3c(=O)cc(OCCN(C(C)C)C(C)C)c(=O)c=3c(=O)c2=C1O. The molecule has 6 rings (SSSR count). The lowest BCUT2D eigenvalue weighted by Crippen LogP contribution is -2.52. The molecule has 1 aromatic heterocycles. The molecule has 48 heavy (non-hydrogen) atoms. The number of nitrogens with zero attached hydrogens (tertiary/aromatic N) is 1. The zero-order chi connectivity index (χ0) is 34.8. The third-order valence-corrected chi connectivity index (χ3v) is 9.57. The number of hydrogen-bond donors (Lipinski definition) is 4. The van der Waals surface area contributed by atoms with Crippen molar-refractivity contribution in [3.05, 3.63) is 125 Å². The number of phenols is 1. The fourth-order valence-electron chi connectivity index (χ4n) is 7.46. The topological polar surface area (TPSA) is 174 Å². The second-order valence-electron chi connectivity index (χ2n) is 12.9. The molecular formula is C37H36N2O9. The molecular weight excluding hydrogens is 616 g/mol. The highest BCUT2D eigenvalue weighted by Gasteiger charge is 2.53. The van der Waals surface area contributed by atoms with Gasteiger partial charge < -0.3 is 25.0 Å². The molecule has 0 radical (unpaired) electrons. The average molecular weight is 653 g/mol. The van der Waals surface area contributed by atoms with E-state index in [0.717, 1.165) is 6.07 Å². The van der Waals surface area contributed by atoms with Crippen molar-refractivity contribution in [2.45, 2.75) is 65.0 Å². The molecule has 0 unspecified atom stereocenters. The fourth-order valence-corrected chi connectivity index (χ4v) is 7.46. The van der Waals surface area contributed by atoms with Gasteiger partial charge in [0.1, 0.15) is 29.3 Å². The first-order valence-corrected chi connectivity index (χ1v) is 15.9. The molecule has 0 bridgehead atoms. The van der Waals surface area contributed by atoms with Crippen LogP contribution in [0.25, 0.3) is 28.4 Å². The van der Waals surface area contributed by atoms with Gasteiger partial charge in [-0.3, -0.25) is 28.9 Å². The van der Waals surface area contributed by atoms with Crippen molar-refractivity contribution < 1.29 is 20.1 Å². The predicted molar refractivity (Wildman–Crippen MR) is 183 cm³/mol. The Morgan fingerprint density at radius 3 is 2.15 bits per heavy atom. The first-order valence-electron chi connectivity index (χ1n) is 15.9. The summed E-state index contributed by atoms with van der Waals surface area (Å²) in [7, 11) is 0. The van der Waals surface area contributed by atoms with Crippen LogP contribution in [0.3, 0.4) is 0 Å². The highest BCUT2D eigenvalue weighted by atomic mass is 16.5. The van der Waals surface area contributed by atoms with E-state index in [1.807, 2.05) is 40.7 Å². The summed E-state index contributed by atoms with van der Waals surface area (Å²) in [5, 5.41) is 32.6. The lowest BCUT2D eigenvalue weighted by Gasteiger charge is -2.30. The van der Waals surface area contributed by atoms with Crippen LogP contribution in [0.2, 0.25) is 0 Å². The molecule has 0 aliphatic heterocycles. The Labute approximate surface area is 273 Å². The van der Waals surface area contributed by atoms with E-state index in [9.17, 15) is 39.3 Å². The summed E-state index contributed by atoms with van der Waals surface area (Å²) in [4.78, 5) is 72.7. The average Bonchev–Trinajstić information content (AvgIpc) is 3.51. The minimum Gasteiger partial charge on any atom is -0.510 e. The number of aromatic hydroxyl groups is 1. The van der Waals surface area contributed by atoms with Gasteiger partial charge >= 0.3 is 0 Å². The first-order chi connectivity index (χ1) is 22.8. The molecule has 0 saturated heterocycles. The molecule has 1 spiro atoms. The van der Waals surface area contributed by atoms with Gasteiger partial charge in [0.2, 0.25) is 16.3 Å². The largest absolute Gasteiger partial charge is 0.510 e. The molecule has 4 aliphatic carbocycles. The third kappa shape index (κ3) is 4.63. The number of aromatic nitrogens is 1. The van der Waals surface area contributed by atoms with Gasteiger partial charge in [0.25, 0.3) is 5.56 Å². The molecule has 0 saturated carbocycles. The van der Waals surface area contributed by atoms with Gasteiger partial charge in [0.15, 0.2) is 11.2 Å². The van der Waals surface area contributed by atoms with Crippen molar-refractivity contribution in [3.63, 3.8) is 0 Å². The minimum absolute atomic E-state index is 0.0275. The quantitative estimate of drug-likeness (QED) is 0.205. The number of H-pyrrole nitrogens is 1. The summed E-state index contributed by atoms with van der Waals surface area (Å²) in [6.07, 6.45) is 7.16. The molecule has 0 amide bonds. The summed E-state index contributed by atoms with van der Waals surface area (Å²) >= 11 is 0. The van der Waals surface area contributed by atoms with Crippen LogP contribution in [0.15, 0.2) is 60.4 Å². The van der Waals surface area contributed by atoms with E-state index in [1.54, 1.807) is 30.4 Å². The van der Waals surface area contributed by atoms with E-state index in [4.69, 9.17) is 4.74 Å². The first kappa shape index (κ1) is 32.6.